The molecule has 0 amide bonds. The highest BCUT2D eigenvalue weighted by molar-refractivity contribution is 6.27. The summed E-state index contributed by atoms with van der Waals surface area (Å²) < 4.78 is 7.20. The van der Waals surface area contributed by atoms with Crippen molar-refractivity contribution in [2.24, 2.45) is 0 Å². The number of hydrogen-bond donors (Lipinski definition) is 0. The van der Waals surface area contributed by atoms with Crippen LogP contribution in [0.2, 0.25) is 0 Å². The number of nitrogens with zero attached hydrogens (tertiary/aromatic N) is 9. The average Bonchev–Trinajstić information content (AvgIpc) is 1.01. The van der Waals surface area contributed by atoms with Crippen LogP contribution in [0, 0.1) is 0 Å². The van der Waals surface area contributed by atoms with Gasteiger partial charge < -0.3 is 13.7 Å². The van der Waals surface area contributed by atoms with Crippen molar-refractivity contribution in [3.05, 3.63) is 443 Å². The Morgan fingerprint density at radius 1 is 0.168 bits per heavy atom. The third kappa shape index (κ3) is 12.8. The van der Waals surface area contributed by atoms with Crippen LogP contribution in [0.3, 0.4) is 0 Å². The highest BCUT2D eigenvalue weighted by Crippen LogP contribution is 2.45. The first-order valence-electron chi connectivity index (χ1n) is 44.7. The van der Waals surface area contributed by atoms with Crippen LogP contribution in [0.25, 0.3) is 247 Å². The van der Waals surface area contributed by atoms with Crippen molar-refractivity contribution in [2.45, 2.75) is 26.2 Å². The third-order valence-corrected chi connectivity index (χ3v) is 26.7. The second-order valence-electron chi connectivity index (χ2n) is 35.2. The van der Waals surface area contributed by atoms with Gasteiger partial charge in [-0.15, -0.1) is 0 Å². The molecule has 6 aromatic heterocycles. The standard InChI is InChI=1S/C44H27N3.C40H25N3.C38H29N3/c1-2-13-33-28(9-1)10-8-17-34(33)31-20-22-42-40(27-31)36-15-5-6-18-41(36)47(42)32-12-7-11-29(25-32)30-19-21-38-39(26-30)35-14-3-4-16-37(35)43-44(38)46-24-23-45-43;1-2-9-26(10-3-1)28-18-20-38-36(25-28)32-14-6-7-16-37(32)43(38)30-12-8-11-27(23-30)29-17-19-34-35(24-29)31-13-4-5-15-33(31)39-40(34)42-22-21-41-39;1-38(2,3)26-16-18-35-33(23-26)29-12-6-7-14-34(29)41(35)27-10-8-9-24(21-27)25-15-17-31-32(22-25)28-11-4-5-13-30(28)36-37(31)40-20-19-39-36/h1-27H;1-25H;4-23H,1-3H3. The Balaban J connectivity index is 0.000000106. The monoisotopic (exact) mass is 1670 g/mol. The van der Waals surface area contributed by atoms with Gasteiger partial charge in [0.15, 0.2) is 0 Å². The van der Waals surface area contributed by atoms with Crippen molar-refractivity contribution >= 4 is 174 Å². The largest absolute Gasteiger partial charge is 0.309 e. The summed E-state index contributed by atoms with van der Waals surface area (Å²) in [6.07, 6.45) is 10.7. The molecule has 614 valence electrons. The molecule has 21 aromatic carbocycles. The van der Waals surface area contributed by atoms with Crippen molar-refractivity contribution in [1.82, 2.24) is 43.6 Å². The lowest BCUT2D eigenvalue weighted by Gasteiger charge is -2.19. The predicted molar refractivity (Wildman–Crippen MR) is 550 cm³/mol. The molecule has 0 saturated heterocycles. The van der Waals surface area contributed by atoms with Gasteiger partial charge in [-0.05, 0) is 219 Å². The number of para-hydroxylation sites is 3. The smallest absolute Gasteiger partial charge is 0.0971 e. The van der Waals surface area contributed by atoms with Gasteiger partial charge in [-0.3, -0.25) is 29.9 Å². The van der Waals surface area contributed by atoms with Gasteiger partial charge in [-0.1, -0.05) is 312 Å². The Hall–Kier alpha value is -17.1. The zero-order chi connectivity index (χ0) is 86.9. The highest BCUT2D eigenvalue weighted by atomic mass is 15.0. The molecular weight excluding hydrogens is 1590 g/mol. The van der Waals surface area contributed by atoms with Crippen LogP contribution in [0.15, 0.2) is 438 Å². The van der Waals surface area contributed by atoms with Crippen LogP contribution in [0.1, 0.15) is 26.3 Å². The van der Waals surface area contributed by atoms with E-state index in [1.807, 2.05) is 0 Å². The van der Waals surface area contributed by atoms with Gasteiger partial charge in [-0.2, -0.15) is 0 Å². The van der Waals surface area contributed by atoms with E-state index in [-0.39, 0.29) is 5.41 Å². The van der Waals surface area contributed by atoms with Gasteiger partial charge in [0.1, 0.15) is 0 Å². The molecule has 131 heavy (non-hydrogen) atoms. The molecule has 0 radical (unpaired) electrons. The maximum Gasteiger partial charge on any atom is 0.0971 e. The predicted octanol–water partition coefficient (Wildman–Crippen LogP) is 31.9. The first-order valence-corrected chi connectivity index (χ1v) is 44.7. The van der Waals surface area contributed by atoms with Gasteiger partial charge in [0.25, 0.3) is 0 Å². The van der Waals surface area contributed by atoms with Gasteiger partial charge in [0.05, 0.1) is 66.2 Å². The molecule has 0 aliphatic heterocycles. The van der Waals surface area contributed by atoms with E-state index < -0.39 is 0 Å². The first-order chi connectivity index (χ1) is 64.6. The van der Waals surface area contributed by atoms with E-state index >= 15 is 0 Å². The zero-order valence-corrected chi connectivity index (χ0v) is 72.1. The molecule has 0 bridgehead atoms. The minimum absolute atomic E-state index is 0.0917. The fourth-order valence-corrected chi connectivity index (χ4v) is 20.6. The molecular formula is C122H81N9. The molecule has 27 aromatic rings. The number of rotatable bonds is 8. The van der Waals surface area contributed by atoms with Crippen molar-refractivity contribution in [1.29, 1.82) is 0 Å². The van der Waals surface area contributed by atoms with Crippen LogP contribution in [-0.2, 0) is 5.41 Å². The number of benzene rings is 21. The highest BCUT2D eigenvalue weighted by Gasteiger charge is 2.23. The number of hydrogen-bond acceptors (Lipinski definition) is 6. The molecule has 0 N–H and O–H groups in total. The lowest BCUT2D eigenvalue weighted by molar-refractivity contribution is 0.591. The summed E-state index contributed by atoms with van der Waals surface area (Å²) in [5, 5.41) is 24.0. The van der Waals surface area contributed by atoms with Crippen molar-refractivity contribution in [3.8, 4) is 72.7 Å². The molecule has 27 rings (SSSR count). The first kappa shape index (κ1) is 76.3. The Bertz CT molecular complexity index is 9270. The maximum absolute atomic E-state index is 4.74. The summed E-state index contributed by atoms with van der Waals surface area (Å²) in [4.78, 5) is 28.3. The van der Waals surface area contributed by atoms with Crippen molar-refractivity contribution < 1.29 is 0 Å². The fourth-order valence-electron chi connectivity index (χ4n) is 20.6. The van der Waals surface area contributed by atoms with Crippen LogP contribution in [0.5, 0.6) is 0 Å². The van der Waals surface area contributed by atoms with E-state index in [9.17, 15) is 0 Å². The molecule has 0 aliphatic carbocycles. The van der Waals surface area contributed by atoms with Crippen LogP contribution < -0.4 is 0 Å². The molecule has 0 atom stereocenters. The molecule has 0 unspecified atom stereocenters. The summed E-state index contributed by atoms with van der Waals surface area (Å²) in [7, 11) is 0. The maximum atomic E-state index is 4.74. The van der Waals surface area contributed by atoms with E-state index in [2.05, 4.69) is 445 Å². The van der Waals surface area contributed by atoms with Gasteiger partial charge in [-0.25, -0.2) is 0 Å². The lowest BCUT2D eigenvalue weighted by atomic mass is 9.86. The van der Waals surface area contributed by atoms with E-state index in [1.54, 1.807) is 37.2 Å². The third-order valence-electron chi connectivity index (χ3n) is 26.7. The summed E-state index contributed by atoms with van der Waals surface area (Å²) in [5.41, 5.74) is 29.8. The molecule has 6 heterocycles. The molecule has 0 spiro atoms. The van der Waals surface area contributed by atoms with Gasteiger partial charge in [0, 0.05) is 119 Å². The van der Waals surface area contributed by atoms with Crippen molar-refractivity contribution in [2.75, 3.05) is 0 Å². The van der Waals surface area contributed by atoms with Crippen LogP contribution in [-0.4, -0.2) is 43.6 Å². The minimum Gasteiger partial charge on any atom is -0.309 e. The Morgan fingerprint density at radius 3 is 0.840 bits per heavy atom. The summed E-state index contributed by atoms with van der Waals surface area (Å²) in [5.74, 6) is 0. The van der Waals surface area contributed by atoms with Crippen molar-refractivity contribution in [3.63, 3.8) is 0 Å². The second kappa shape index (κ2) is 30.9. The SMILES string of the molecule is CC(C)(C)c1ccc2c(c1)c1ccccc1n2-c1cccc(-c2ccc3c(c2)c2ccccc2c2nccnc32)c1.c1cc(-c2ccc3c(c2)c2ccccc2c2nccnc32)cc(-n2c3ccccc3c3cc(-c4cccc5ccccc45)ccc32)c1.c1ccc(-c2ccc3c(c2)c2ccccc2n3-c2cccc(-c3ccc4c(c3)c3ccccc3c3nccnc43)c2)cc1. The van der Waals surface area contributed by atoms with E-state index in [0.717, 1.165) is 82.5 Å². The topological polar surface area (TPSA) is 92.1 Å². The van der Waals surface area contributed by atoms with E-state index in [0.29, 0.717) is 0 Å². The van der Waals surface area contributed by atoms with Gasteiger partial charge in [0.2, 0.25) is 0 Å². The van der Waals surface area contributed by atoms with E-state index in [4.69, 9.17) is 19.9 Å². The van der Waals surface area contributed by atoms with Crippen LogP contribution >= 0.6 is 0 Å². The fraction of sp³-hybridized carbons (Fsp3) is 0.0328. The Kier molecular flexibility index (Phi) is 18.0. The number of fused-ring (bicyclic) bond motifs is 28. The molecule has 9 nitrogen and oxygen atoms in total. The number of aromatic nitrogens is 9. The van der Waals surface area contributed by atoms with Crippen LogP contribution in [0.4, 0.5) is 0 Å². The molecule has 0 aliphatic rings. The molecule has 9 heteroatoms. The molecule has 0 saturated carbocycles. The quantitative estimate of drug-likeness (QED) is 0.141. The summed E-state index contributed by atoms with van der Waals surface area (Å²) in [6.45, 7) is 6.83. The van der Waals surface area contributed by atoms with E-state index in [1.165, 1.54) is 170 Å². The Labute approximate surface area is 754 Å². The average molecular weight is 1670 g/mol. The second-order valence-corrected chi connectivity index (χ2v) is 35.2. The molecule has 0 fully saturated rings. The van der Waals surface area contributed by atoms with Gasteiger partial charge >= 0.3 is 0 Å². The normalized spacial score (nSPS) is 11.9. The Morgan fingerprint density at radius 2 is 0.435 bits per heavy atom. The summed E-state index contributed by atoms with van der Waals surface area (Å²) in [6, 6.07) is 145. The summed E-state index contributed by atoms with van der Waals surface area (Å²) >= 11 is 0. The lowest BCUT2D eigenvalue weighted by Crippen LogP contribution is -2.10. The minimum atomic E-state index is 0.0917. The zero-order valence-electron chi connectivity index (χ0n) is 72.1.